The van der Waals surface area contributed by atoms with Crippen LogP contribution in [0.4, 0.5) is 4.79 Å². The fourth-order valence-electron chi connectivity index (χ4n) is 1.38. The summed E-state index contributed by atoms with van der Waals surface area (Å²) < 4.78 is 11.8. The molecular formula is C10H19N3O3S. The number of carbonyl (C=O) groups is 2. The zero-order valence-corrected chi connectivity index (χ0v) is 10.9. The zero-order valence-electron chi connectivity index (χ0n) is 10.1. The lowest BCUT2D eigenvalue weighted by molar-refractivity contribution is -0.119. The van der Waals surface area contributed by atoms with Crippen LogP contribution in [0.15, 0.2) is 0 Å². The number of amides is 3. The molecule has 2 atom stereocenters. The van der Waals surface area contributed by atoms with Crippen LogP contribution in [0.2, 0.25) is 0 Å². The average Bonchev–Trinajstić information content (AvgIpc) is 2.22. The molecule has 98 valence electrons. The van der Waals surface area contributed by atoms with Gasteiger partial charge in [0.1, 0.15) is 5.25 Å². The van der Waals surface area contributed by atoms with E-state index in [-0.39, 0.29) is 0 Å². The summed E-state index contributed by atoms with van der Waals surface area (Å²) in [6.07, 6.45) is 0. The van der Waals surface area contributed by atoms with Gasteiger partial charge in [-0.05, 0) is 19.8 Å². The lowest BCUT2D eigenvalue weighted by atomic mass is 10.1. The van der Waals surface area contributed by atoms with Gasteiger partial charge < -0.3 is 10.6 Å². The first-order chi connectivity index (χ1) is 8.04. The van der Waals surface area contributed by atoms with Gasteiger partial charge in [-0.25, -0.2) is 4.79 Å². The number of hydrogen-bond acceptors (Lipinski definition) is 4. The number of imide groups is 1. The quantitative estimate of drug-likeness (QED) is 0.604. The predicted molar refractivity (Wildman–Crippen MR) is 66.0 cm³/mol. The van der Waals surface area contributed by atoms with E-state index in [2.05, 4.69) is 16.0 Å². The molecule has 0 spiro atoms. The molecule has 0 saturated carbocycles. The zero-order chi connectivity index (χ0) is 12.8. The molecule has 1 aliphatic rings. The Bertz CT molecular complexity index is 318. The van der Waals surface area contributed by atoms with Crippen molar-refractivity contribution in [2.75, 3.05) is 25.4 Å². The highest BCUT2D eigenvalue weighted by atomic mass is 32.2. The maximum Gasteiger partial charge on any atom is 0.321 e. The minimum absolute atomic E-state index is 0.385. The number of rotatable bonds is 5. The van der Waals surface area contributed by atoms with Crippen molar-refractivity contribution in [3.63, 3.8) is 0 Å². The first kappa shape index (κ1) is 14.1. The van der Waals surface area contributed by atoms with Gasteiger partial charge in [-0.2, -0.15) is 0 Å². The summed E-state index contributed by atoms with van der Waals surface area (Å²) in [4.78, 5) is 22.7. The summed E-state index contributed by atoms with van der Waals surface area (Å²) in [5.74, 6) is 0.411. The molecule has 1 heterocycles. The Hall–Kier alpha value is -0.950. The summed E-state index contributed by atoms with van der Waals surface area (Å²) in [7, 11) is -1.23. The largest absolute Gasteiger partial charge is 0.338 e. The molecule has 3 amide bonds. The third kappa shape index (κ3) is 4.43. The third-order valence-electron chi connectivity index (χ3n) is 2.60. The molecule has 0 aromatic heterocycles. The second-order valence-corrected chi connectivity index (χ2v) is 5.86. The van der Waals surface area contributed by atoms with Crippen LogP contribution in [0.25, 0.3) is 0 Å². The van der Waals surface area contributed by atoms with Gasteiger partial charge in [-0.15, -0.1) is 0 Å². The normalized spacial score (nSPS) is 18.9. The second-order valence-electron chi connectivity index (χ2n) is 4.06. The van der Waals surface area contributed by atoms with Gasteiger partial charge in [-0.1, -0.05) is 0 Å². The SMILES string of the molecule is CCNC(=O)NC(=O)C(C)S(=O)CC1CNC1. The smallest absolute Gasteiger partial charge is 0.321 e. The molecular weight excluding hydrogens is 242 g/mol. The molecule has 7 heteroatoms. The van der Waals surface area contributed by atoms with Crippen molar-refractivity contribution >= 4 is 22.7 Å². The van der Waals surface area contributed by atoms with E-state index in [4.69, 9.17) is 0 Å². The van der Waals surface area contributed by atoms with E-state index < -0.39 is 28.0 Å². The summed E-state index contributed by atoms with van der Waals surface area (Å²) in [6.45, 7) is 5.50. The highest BCUT2D eigenvalue weighted by molar-refractivity contribution is 7.86. The van der Waals surface area contributed by atoms with E-state index in [1.807, 2.05) is 0 Å². The van der Waals surface area contributed by atoms with Crippen LogP contribution < -0.4 is 16.0 Å². The Balaban J connectivity index is 2.33. The van der Waals surface area contributed by atoms with Gasteiger partial charge >= 0.3 is 6.03 Å². The monoisotopic (exact) mass is 261 g/mol. The summed E-state index contributed by atoms with van der Waals surface area (Å²) in [6, 6.07) is -0.535. The van der Waals surface area contributed by atoms with Gasteiger partial charge in [0.2, 0.25) is 5.91 Å². The summed E-state index contributed by atoms with van der Waals surface area (Å²) in [5, 5.41) is 7.06. The molecule has 1 fully saturated rings. The van der Waals surface area contributed by atoms with Crippen molar-refractivity contribution < 1.29 is 13.8 Å². The fraction of sp³-hybridized carbons (Fsp3) is 0.800. The number of urea groups is 1. The average molecular weight is 261 g/mol. The van der Waals surface area contributed by atoms with Crippen LogP contribution in [0, 0.1) is 5.92 Å². The van der Waals surface area contributed by atoms with Crippen molar-refractivity contribution in [3.8, 4) is 0 Å². The van der Waals surface area contributed by atoms with Crippen molar-refractivity contribution in [1.82, 2.24) is 16.0 Å². The molecule has 0 bridgehead atoms. The van der Waals surface area contributed by atoms with Crippen molar-refractivity contribution in [1.29, 1.82) is 0 Å². The predicted octanol–water partition coefficient (Wildman–Crippen LogP) is -0.811. The Morgan fingerprint density at radius 3 is 2.59 bits per heavy atom. The van der Waals surface area contributed by atoms with Crippen molar-refractivity contribution in [3.05, 3.63) is 0 Å². The first-order valence-electron chi connectivity index (χ1n) is 5.71. The van der Waals surface area contributed by atoms with E-state index in [0.717, 1.165) is 13.1 Å². The second kappa shape index (κ2) is 6.70. The van der Waals surface area contributed by atoms with Crippen LogP contribution in [0.1, 0.15) is 13.8 Å². The molecule has 1 aliphatic heterocycles. The lowest BCUT2D eigenvalue weighted by Gasteiger charge is -2.27. The molecule has 3 N–H and O–H groups in total. The highest BCUT2D eigenvalue weighted by Crippen LogP contribution is 2.08. The van der Waals surface area contributed by atoms with Crippen LogP contribution >= 0.6 is 0 Å². The topological polar surface area (TPSA) is 87.3 Å². The van der Waals surface area contributed by atoms with Gasteiger partial charge in [0.05, 0.1) is 0 Å². The minimum atomic E-state index is -1.23. The number of carbonyl (C=O) groups excluding carboxylic acids is 2. The van der Waals surface area contributed by atoms with Crippen LogP contribution in [-0.2, 0) is 15.6 Å². The van der Waals surface area contributed by atoms with E-state index in [9.17, 15) is 13.8 Å². The molecule has 17 heavy (non-hydrogen) atoms. The van der Waals surface area contributed by atoms with Gasteiger partial charge in [0.15, 0.2) is 0 Å². The molecule has 0 aromatic carbocycles. The van der Waals surface area contributed by atoms with Crippen LogP contribution in [0.3, 0.4) is 0 Å². The summed E-state index contributed by atoms with van der Waals surface area (Å²) in [5.41, 5.74) is 0. The maximum atomic E-state index is 11.8. The Morgan fingerprint density at radius 1 is 1.47 bits per heavy atom. The van der Waals surface area contributed by atoms with E-state index >= 15 is 0 Å². The van der Waals surface area contributed by atoms with E-state index in [1.165, 1.54) is 0 Å². The molecule has 6 nitrogen and oxygen atoms in total. The Morgan fingerprint density at radius 2 is 2.12 bits per heavy atom. The standard InChI is InChI=1S/C10H19N3O3S/c1-3-12-10(15)13-9(14)7(2)17(16)6-8-4-11-5-8/h7-8,11H,3-6H2,1-2H3,(H2,12,13,14,15). The van der Waals surface area contributed by atoms with Gasteiger partial charge in [-0.3, -0.25) is 14.3 Å². The third-order valence-corrected chi connectivity index (χ3v) is 4.41. The van der Waals surface area contributed by atoms with Crippen LogP contribution in [0.5, 0.6) is 0 Å². The Kier molecular flexibility index (Phi) is 5.57. The van der Waals surface area contributed by atoms with E-state index in [0.29, 0.717) is 18.2 Å². The Labute approximate surface area is 103 Å². The highest BCUT2D eigenvalue weighted by Gasteiger charge is 2.26. The molecule has 2 unspecified atom stereocenters. The fourth-order valence-corrected chi connectivity index (χ4v) is 2.67. The number of hydrogen-bond donors (Lipinski definition) is 3. The lowest BCUT2D eigenvalue weighted by Crippen LogP contribution is -2.48. The van der Waals surface area contributed by atoms with E-state index in [1.54, 1.807) is 13.8 Å². The number of nitrogens with one attached hydrogen (secondary N) is 3. The van der Waals surface area contributed by atoms with Crippen molar-refractivity contribution in [2.24, 2.45) is 5.92 Å². The molecule has 1 saturated heterocycles. The maximum absolute atomic E-state index is 11.8. The summed E-state index contributed by atoms with van der Waals surface area (Å²) >= 11 is 0. The van der Waals surface area contributed by atoms with Crippen molar-refractivity contribution in [2.45, 2.75) is 19.1 Å². The van der Waals surface area contributed by atoms with Crippen LogP contribution in [-0.4, -0.2) is 46.8 Å². The van der Waals surface area contributed by atoms with Gasteiger partial charge in [0, 0.05) is 36.2 Å². The first-order valence-corrected chi connectivity index (χ1v) is 7.09. The molecule has 0 aromatic rings. The molecule has 0 radical (unpaired) electrons. The molecule has 1 rings (SSSR count). The molecule has 0 aliphatic carbocycles. The van der Waals surface area contributed by atoms with Gasteiger partial charge in [0.25, 0.3) is 0 Å². The minimum Gasteiger partial charge on any atom is -0.338 e.